The van der Waals surface area contributed by atoms with E-state index in [0.717, 1.165) is 17.0 Å². The first-order valence-corrected chi connectivity index (χ1v) is 9.99. The van der Waals surface area contributed by atoms with Crippen molar-refractivity contribution in [1.82, 2.24) is 4.90 Å². The van der Waals surface area contributed by atoms with E-state index in [2.05, 4.69) is 5.32 Å². The molecule has 2 aliphatic rings. The van der Waals surface area contributed by atoms with Crippen molar-refractivity contribution in [3.05, 3.63) is 59.1 Å². The molecule has 2 aliphatic heterocycles. The molecule has 0 aromatic heterocycles. The number of carbonyl (C=O) groups is 1. The van der Waals surface area contributed by atoms with Crippen LogP contribution in [0.4, 0.5) is 10.5 Å². The normalized spacial score (nSPS) is 17.7. The first kappa shape index (κ1) is 19.5. The number of anilines is 1. The maximum atomic E-state index is 12.7. The molecule has 150 valence electrons. The molecule has 2 aromatic rings. The molecule has 2 heterocycles. The molecule has 0 radical (unpaired) electrons. The Labute approximate surface area is 175 Å². The Kier molecular flexibility index (Phi) is 5.28. The lowest BCUT2D eigenvalue weighted by atomic mass is 9.98. The lowest BCUT2D eigenvalue weighted by Crippen LogP contribution is -2.46. The van der Waals surface area contributed by atoms with Gasteiger partial charge in [-0.1, -0.05) is 35.9 Å². The van der Waals surface area contributed by atoms with E-state index in [4.69, 9.17) is 26.3 Å². The molecule has 1 saturated heterocycles. The van der Waals surface area contributed by atoms with Crippen molar-refractivity contribution >= 4 is 34.7 Å². The van der Waals surface area contributed by atoms with Gasteiger partial charge < -0.3 is 15.0 Å². The van der Waals surface area contributed by atoms with Gasteiger partial charge in [-0.15, -0.1) is 0 Å². The standard InChI is InChI=1S/C22H23ClN4O2/c1-15-20(16-7-9-17(23)10-8-16)26-22(25-15)11-13-27(14-12-22)21(28)24-18-5-3-4-6-19(18)29-2/h3-10H,11-14H2,1-2H3,(H,24,28). The van der Waals surface area contributed by atoms with Crippen molar-refractivity contribution in [2.45, 2.75) is 25.4 Å². The lowest BCUT2D eigenvalue weighted by Gasteiger charge is -2.35. The molecule has 2 amide bonds. The number of methoxy groups -OCH3 is 1. The number of hydrogen-bond acceptors (Lipinski definition) is 4. The molecule has 2 aromatic carbocycles. The van der Waals surface area contributed by atoms with Crippen LogP contribution in [0.1, 0.15) is 25.3 Å². The minimum absolute atomic E-state index is 0.134. The SMILES string of the molecule is COc1ccccc1NC(=O)N1CCC2(CC1)N=C(C)C(c1ccc(Cl)cc1)=N2. The number of amides is 2. The van der Waals surface area contributed by atoms with Gasteiger partial charge in [0.15, 0.2) is 5.66 Å². The van der Waals surface area contributed by atoms with Crippen molar-refractivity contribution in [2.75, 3.05) is 25.5 Å². The average molecular weight is 411 g/mol. The average Bonchev–Trinajstić information content (AvgIpc) is 3.05. The van der Waals surface area contributed by atoms with Gasteiger partial charge in [-0.05, 0) is 31.2 Å². The largest absolute Gasteiger partial charge is 0.495 e. The van der Waals surface area contributed by atoms with Gasteiger partial charge in [0, 0.05) is 36.5 Å². The highest BCUT2D eigenvalue weighted by Crippen LogP contribution is 2.34. The fraction of sp³-hybridized carbons (Fsp3) is 0.318. The number of urea groups is 1. The number of ether oxygens (including phenoxy) is 1. The molecule has 0 unspecified atom stereocenters. The third-order valence-corrected chi connectivity index (χ3v) is 5.61. The molecular formula is C22H23ClN4O2. The van der Waals surface area contributed by atoms with Gasteiger partial charge in [-0.2, -0.15) is 0 Å². The number of likely N-dealkylation sites (tertiary alicyclic amines) is 1. The molecule has 4 rings (SSSR count). The van der Waals surface area contributed by atoms with E-state index in [9.17, 15) is 4.79 Å². The molecule has 0 aliphatic carbocycles. The van der Waals surface area contributed by atoms with E-state index in [1.165, 1.54) is 0 Å². The summed E-state index contributed by atoms with van der Waals surface area (Å²) in [7, 11) is 1.59. The number of halogens is 1. The Balaban J connectivity index is 1.44. The summed E-state index contributed by atoms with van der Waals surface area (Å²) in [6.07, 6.45) is 1.39. The van der Waals surface area contributed by atoms with Crippen LogP contribution in [0.2, 0.25) is 5.02 Å². The highest BCUT2D eigenvalue weighted by molar-refractivity contribution is 6.48. The highest BCUT2D eigenvalue weighted by atomic mass is 35.5. The van der Waals surface area contributed by atoms with Crippen LogP contribution >= 0.6 is 11.6 Å². The Morgan fingerprint density at radius 3 is 2.48 bits per heavy atom. The second-order valence-electron chi connectivity index (χ2n) is 7.26. The maximum absolute atomic E-state index is 12.7. The zero-order valence-corrected chi connectivity index (χ0v) is 17.2. The summed E-state index contributed by atoms with van der Waals surface area (Å²) in [5, 5.41) is 3.64. The Bertz CT molecular complexity index is 977. The van der Waals surface area contributed by atoms with Crippen LogP contribution in [0.3, 0.4) is 0 Å². The fourth-order valence-electron chi connectivity index (χ4n) is 3.79. The molecule has 0 atom stereocenters. The first-order chi connectivity index (χ1) is 14.0. The van der Waals surface area contributed by atoms with Crippen LogP contribution in [-0.4, -0.2) is 48.2 Å². The summed E-state index contributed by atoms with van der Waals surface area (Å²) in [6, 6.07) is 14.9. The lowest BCUT2D eigenvalue weighted by molar-refractivity contribution is 0.174. The van der Waals surface area contributed by atoms with Crippen molar-refractivity contribution < 1.29 is 9.53 Å². The van der Waals surface area contributed by atoms with Gasteiger partial charge in [-0.25, -0.2) is 4.79 Å². The minimum atomic E-state index is -0.472. The van der Waals surface area contributed by atoms with Crippen LogP contribution in [0, 0.1) is 0 Å². The van der Waals surface area contributed by atoms with Crippen LogP contribution in [-0.2, 0) is 0 Å². The van der Waals surface area contributed by atoms with Crippen molar-refractivity contribution in [3.8, 4) is 5.75 Å². The number of nitrogens with zero attached hydrogens (tertiary/aromatic N) is 3. The zero-order valence-electron chi connectivity index (χ0n) is 16.5. The summed E-state index contributed by atoms with van der Waals surface area (Å²) in [6.45, 7) is 3.17. The monoisotopic (exact) mass is 410 g/mol. The molecular weight excluding hydrogens is 388 g/mol. The van der Waals surface area contributed by atoms with Crippen LogP contribution in [0.25, 0.3) is 0 Å². The second-order valence-corrected chi connectivity index (χ2v) is 7.70. The predicted molar refractivity (Wildman–Crippen MR) is 117 cm³/mol. The third-order valence-electron chi connectivity index (χ3n) is 5.36. The Morgan fingerprint density at radius 1 is 1.10 bits per heavy atom. The van der Waals surface area contributed by atoms with E-state index >= 15 is 0 Å². The van der Waals surface area contributed by atoms with Gasteiger partial charge in [0.05, 0.1) is 24.2 Å². The summed E-state index contributed by atoms with van der Waals surface area (Å²) in [4.78, 5) is 24.3. The highest BCUT2D eigenvalue weighted by Gasteiger charge is 2.39. The number of carbonyl (C=O) groups excluding carboxylic acids is 1. The Morgan fingerprint density at radius 2 is 1.79 bits per heavy atom. The summed E-state index contributed by atoms with van der Waals surface area (Å²) in [5.41, 5.74) is 3.05. The molecule has 1 N–H and O–H groups in total. The molecule has 29 heavy (non-hydrogen) atoms. The number of rotatable bonds is 3. The summed E-state index contributed by atoms with van der Waals surface area (Å²) in [5.74, 6) is 0.641. The van der Waals surface area contributed by atoms with E-state index in [1.54, 1.807) is 12.0 Å². The number of nitrogens with one attached hydrogen (secondary N) is 1. The van der Waals surface area contributed by atoms with Gasteiger partial charge in [0.25, 0.3) is 0 Å². The van der Waals surface area contributed by atoms with Gasteiger partial charge in [0.1, 0.15) is 5.75 Å². The van der Waals surface area contributed by atoms with Gasteiger partial charge in [-0.3, -0.25) is 9.98 Å². The van der Waals surface area contributed by atoms with Crippen LogP contribution in [0.15, 0.2) is 58.5 Å². The molecule has 1 fully saturated rings. The number of piperidine rings is 1. The number of para-hydroxylation sites is 2. The topological polar surface area (TPSA) is 66.3 Å². The van der Waals surface area contributed by atoms with Crippen molar-refractivity contribution in [2.24, 2.45) is 9.98 Å². The molecule has 7 heteroatoms. The Hall–Kier alpha value is -2.86. The number of benzene rings is 2. The van der Waals surface area contributed by atoms with E-state index < -0.39 is 5.66 Å². The predicted octanol–water partition coefficient (Wildman–Crippen LogP) is 4.64. The molecule has 0 saturated carbocycles. The first-order valence-electron chi connectivity index (χ1n) is 9.61. The quantitative estimate of drug-likeness (QED) is 0.801. The third kappa shape index (κ3) is 3.98. The van der Waals surface area contributed by atoms with Crippen LogP contribution < -0.4 is 10.1 Å². The minimum Gasteiger partial charge on any atom is -0.495 e. The van der Waals surface area contributed by atoms with Gasteiger partial charge >= 0.3 is 6.03 Å². The maximum Gasteiger partial charge on any atom is 0.321 e. The fourth-order valence-corrected chi connectivity index (χ4v) is 3.92. The van der Waals surface area contributed by atoms with E-state index in [0.29, 0.717) is 42.4 Å². The second kappa shape index (κ2) is 7.87. The summed E-state index contributed by atoms with van der Waals surface area (Å²) >= 11 is 6.00. The zero-order chi connectivity index (χ0) is 20.4. The van der Waals surface area contributed by atoms with Crippen molar-refractivity contribution in [3.63, 3.8) is 0 Å². The van der Waals surface area contributed by atoms with E-state index in [1.807, 2.05) is 55.5 Å². The molecule has 1 spiro atoms. The van der Waals surface area contributed by atoms with E-state index in [-0.39, 0.29) is 6.03 Å². The number of hydrogen-bond donors (Lipinski definition) is 1. The van der Waals surface area contributed by atoms with Crippen LogP contribution in [0.5, 0.6) is 5.75 Å². The smallest absolute Gasteiger partial charge is 0.321 e. The number of aliphatic imine (C=N–C) groups is 2. The molecule has 6 nitrogen and oxygen atoms in total. The molecule has 0 bridgehead atoms. The van der Waals surface area contributed by atoms with Gasteiger partial charge in [0.2, 0.25) is 0 Å². The van der Waals surface area contributed by atoms with Crippen molar-refractivity contribution in [1.29, 1.82) is 0 Å². The summed E-state index contributed by atoms with van der Waals surface area (Å²) < 4.78 is 5.31.